The van der Waals surface area contributed by atoms with Crippen molar-refractivity contribution in [3.63, 3.8) is 0 Å². The summed E-state index contributed by atoms with van der Waals surface area (Å²) < 4.78 is 9.97. The van der Waals surface area contributed by atoms with Gasteiger partial charge < -0.3 is 9.15 Å². The highest BCUT2D eigenvalue weighted by molar-refractivity contribution is 7.13. The number of hydrogen-bond donors (Lipinski definition) is 0. The van der Waals surface area contributed by atoms with E-state index < -0.39 is 0 Å². The molecule has 2 rings (SSSR count). The van der Waals surface area contributed by atoms with Crippen molar-refractivity contribution in [1.29, 1.82) is 0 Å². The van der Waals surface area contributed by atoms with Crippen LogP contribution in [0.2, 0.25) is 0 Å². The summed E-state index contributed by atoms with van der Waals surface area (Å²) in [5.74, 6) is 2.55. The summed E-state index contributed by atoms with van der Waals surface area (Å²) in [6.45, 7) is -0.00594. The average molecular weight is 247 g/mol. The largest absolute Gasteiger partial charge is 0.462 e. The van der Waals surface area contributed by atoms with Crippen molar-refractivity contribution in [2.45, 2.75) is 6.42 Å². The zero-order valence-electron chi connectivity index (χ0n) is 8.88. The quantitative estimate of drug-likeness (QED) is 0.613. The molecule has 0 radical (unpaired) electrons. The third kappa shape index (κ3) is 2.95. The molecule has 2 heterocycles. The molecule has 2 aromatic heterocycles. The Bertz CT molecular complexity index is 536. The van der Waals surface area contributed by atoms with Gasteiger partial charge in [-0.25, -0.2) is 4.98 Å². The highest BCUT2D eigenvalue weighted by Crippen LogP contribution is 2.24. The van der Waals surface area contributed by atoms with E-state index in [0.717, 1.165) is 5.01 Å². The normalized spacial score (nSPS) is 9.82. The van der Waals surface area contributed by atoms with Gasteiger partial charge in [-0.05, 0) is 12.1 Å². The van der Waals surface area contributed by atoms with Gasteiger partial charge in [0, 0.05) is 5.38 Å². The van der Waals surface area contributed by atoms with Crippen LogP contribution in [-0.4, -0.2) is 17.6 Å². The molecule has 0 saturated heterocycles. The van der Waals surface area contributed by atoms with Gasteiger partial charge in [-0.15, -0.1) is 17.8 Å². The number of furan rings is 1. The van der Waals surface area contributed by atoms with Gasteiger partial charge in [-0.3, -0.25) is 4.79 Å². The predicted molar refractivity (Wildman–Crippen MR) is 63.3 cm³/mol. The Labute approximate surface area is 102 Å². The molecular formula is C12H9NO3S. The molecule has 0 fully saturated rings. The fourth-order valence-electron chi connectivity index (χ4n) is 1.22. The second kappa shape index (κ2) is 5.32. The SMILES string of the molecule is C#CCOC(=O)Cc1csc(-c2ccco2)n1. The van der Waals surface area contributed by atoms with E-state index in [0.29, 0.717) is 11.5 Å². The molecule has 0 aromatic carbocycles. The Morgan fingerprint density at radius 3 is 3.24 bits per heavy atom. The smallest absolute Gasteiger partial charge is 0.312 e. The number of thiazole rings is 1. The summed E-state index contributed by atoms with van der Waals surface area (Å²) in [6, 6.07) is 3.61. The fraction of sp³-hybridized carbons (Fsp3) is 0.167. The first-order valence-corrected chi connectivity index (χ1v) is 5.75. The second-order valence-corrected chi connectivity index (χ2v) is 4.02. The van der Waals surface area contributed by atoms with Gasteiger partial charge in [0.25, 0.3) is 0 Å². The summed E-state index contributed by atoms with van der Waals surface area (Å²) >= 11 is 1.42. The van der Waals surface area contributed by atoms with Gasteiger partial charge in [0.05, 0.1) is 18.4 Å². The van der Waals surface area contributed by atoms with E-state index in [1.54, 1.807) is 17.7 Å². The molecule has 0 aliphatic heterocycles. The summed E-state index contributed by atoms with van der Waals surface area (Å²) in [7, 11) is 0. The van der Waals surface area contributed by atoms with Crippen LogP contribution in [0.25, 0.3) is 10.8 Å². The maximum absolute atomic E-state index is 11.3. The highest BCUT2D eigenvalue weighted by atomic mass is 32.1. The molecule has 5 heteroatoms. The van der Waals surface area contributed by atoms with Crippen molar-refractivity contribution < 1.29 is 13.9 Å². The van der Waals surface area contributed by atoms with Crippen molar-refractivity contribution in [3.8, 4) is 23.1 Å². The highest BCUT2D eigenvalue weighted by Gasteiger charge is 2.10. The van der Waals surface area contributed by atoms with Gasteiger partial charge in [0.15, 0.2) is 17.4 Å². The first kappa shape index (κ1) is 11.4. The average Bonchev–Trinajstić information content (AvgIpc) is 2.95. The molecule has 0 spiro atoms. The molecule has 4 nitrogen and oxygen atoms in total. The first-order chi connectivity index (χ1) is 8.29. The lowest BCUT2D eigenvalue weighted by atomic mass is 10.3. The number of esters is 1. The van der Waals surface area contributed by atoms with Crippen LogP contribution in [0.1, 0.15) is 5.69 Å². The van der Waals surface area contributed by atoms with Crippen LogP contribution in [0.15, 0.2) is 28.2 Å². The molecule has 86 valence electrons. The van der Waals surface area contributed by atoms with Crippen LogP contribution < -0.4 is 0 Å². The number of nitrogens with zero attached hydrogens (tertiary/aromatic N) is 1. The molecule has 0 saturated carbocycles. The van der Waals surface area contributed by atoms with Crippen LogP contribution in [-0.2, 0) is 16.0 Å². The van der Waals surface area contributed by atoms with E-state index in [2.05, 4.69) is 10.9 Å². The lowest BCUT2D eigenvalue weighted by Crippen LogP contribution is -2.08. The fourth-order valence-corrected chi connectivity index (χ4v) is 2.01. The first-order valence-electron chi connectivity index (χ1n) is 4.87. The Morgan fingerprint density at radius 1 is 1.65 bits per heavy atom. The Balaban J connectivity index is 2.00. The van der Waals surface area contributed by atoms with Crippen molar-refractivity contribution in [3.05, 3.63) is 29.5 Å². The summed E-state index contributed by atoms with van der Waals surface area (Å²) in [4.78, 5) is 15.6. The van der Waals surface area contributed by atoms with E-state index in [9.17, 15) is 4.79 Å². The van der Waals surface area contributed by atoms with E-state index in [-0.39, 0.29) is 19.0 Å². The molecule has 0 bridgehead atoms. The number of ether oxygens (including phenoxy) is 1. The maximum atomic E-state index is 11.3. The Hall–Kier alpha value is -2.06. The topological polar surface area (TPSA) is 52.3 Å². The van der Waals surface area contributed by atoms with E-state index >= 15 is 0 Å². The van der Waals surface area contributed by atoms with Crippen LogP contribution in [0.5, 0.6) is 0 Å². The minimum atomic E-state index is -0.376. The van der Waals surface area contributed by atoms with Crippen LogP contribution in [0.4, 0.5) is 0 Å². The molecule has 0 atom stereocenters. The number of carbonyl (C=O) groups excluding carboxylic acids is 1. The minimum absolute atomic E-state index is 0.00594. The van der Waals surface area contributed by atoms with Crippen LogP contribution >= 0.6 is 11.3 Å². The molecular weight excluding hydrogens is 238 g/mol. The predicted octanol–water partition coefficient (Wildman–Crippen LogP) is 2.12. The van der Waals surface area contributed by atoms with Gasteiger partial charge in [-0.2, -0.15) is 0 Å². The van der Waals surface area contributed by atoms with E-state index in [1.165, 1.54) is 11.3 Å². The van der Waals surface area contributed by atoms with Crippen LogP contribution in [0, 0.1) is 12.3 Å². The number of aromatic nitrogens is 1. The molecule has 2 aromatic rings. The lowest BCUT2D eigenvalue weighted by molar-refractivity contribution is -0.141. The summed E-state index contributed by atoms with van der Waals surface area (Å²) in [5, 5.41) is 2.55. The van der Waals surface area contributed by atoms with Crippen molar-refractivity contribution in [2.24, 2.45) is 0 Å². The Kier molecular flexibility index (Phi) is 3.58. The zero-order valence-corrected chi connectivity index (χ0v) is 9.70. The van der Waals surface area contributed by atoms with E-state index in [4.69, 9.17) is 15.6 Å². The summed E-state index contributed by atoms with van der Waals surface area (Å²) in [6.07, 6.45) is 6.69. The monoisotopic (exact) mass is 247 g/mol. The molecule has 0 N–H and O–H groups in total. The van der Waals surface area contributed by atoms with Gasteiger partial charge in [-0.1, -0.05) is 5.92 Å². The van der Waals surface area contributed by atoms with Gasteiger partial charge in [0.2, 0.25) is 0 Å². The van der Waals surface area contributed by atoms with Crippen molar-refractivity contribution in [1.82, 2.24) is 4.98 Å². The Morgan fingerprint density at radius 2 is 2.53 bits per heavy atom. The third-order valence-electron chi connectivity index (χ3n) is 1.93. The maximum Gasteiger partial charge on any atom is 0.312 e. The van der Waals surface area contributed by atoms with Crippen LogP contribution in [0.3, 0.4) is 0 Å². The summed E-state index contributed by atoms with van der Waals surface area (Å²) in [5.41, 5.74) is 0.656. The zero-order chi connectivity index (χ0) is 12.1. The lowest BCUT2D eigenvalue weighted by Gasteiger charge is -1.97. The van der Waals surface area contributed by atoms with E-state index in [1.807, 2.05) is 6.07 Å². The number of carbonyl (C=O) groups is 1. The van der Waals surface area contributed by atoms with Gasteiger partial charge in [0.1, 0.15) is 0 Å². The number of rotatable bonds is 4. The third-order valence-corrected chi connectivity index (χ3v) is 2.83. The number of hydrogen-bond acceptors (Lipinski definition) is 5. The molecule has 17 heavy (non-hydrogen) atoms. The second-order valence-electron chi connectivity index (χ2n) is 3.16. The molecule has 0 amide bonds. The van der Waals surface area contributed by atoms with Crippen molar-refractivity contribution in [2.75, 3.05) is 6.61 Å². The number of terminal acetylenes is 1. The molecule has 0 unspecified atom stereocenters. The molecule has 0 aliphatic rings. The standard InChI is InChI=1S/C12H9NO3S/c1-2-5-16-11(14)7-9-8-17-12(13-9)10-4-3-6-15-10/h1,3-4,6,8H,5,7H2. The molecule has 0 aliphatic carbocycles. The minimum Gasteiger partial charge on any atom is -0.462 e. The van der Waals surface area contributed by atoms with Crippen molar-refractivity contribution >= 4 is 17.3 Å². The van der Waals surface area contributed by atoms with Gasteiger partial charge >= 0.3 is 5.97 Å².